The number of para-hydroxylation sites is 1. The third-order valence-electron chi connectivity index (χ3n) is 6.24. The molecule has 7 nitrogen and oxygen atoms in total. The molecular formula is C28H30N4O3. The fourth-order valence-electron chi connectivity index (χ4n) is 4.28. The van der Waals surface area contributed by atoms with E-state index >= 15 is 0 Å². The zero-order valence-corrected chi connectivity index (χ0v) is 20.0. The molecule has 3 aromatic rings. The standard InChI is InChI=1S/C28H30N4O3/c1-28(2,30)27(35)31-23-16-15-20-7-3-6-10-24(20)32(26(23)34)17-18-11-13-19(14-12-18)21-8-4-5-9-22(21)25(29)33/h3-14,23H,15-17,30H2,1-2H3,(H2,29,33)(H,31,35). The molecule has 1 aliphatic rings. The molecule has 1 heterocycles. The van der Waals surface area contributed by atoms with Crippen molar-refractivity contribution in [2.75, 3.05) is 4.90 Å². The zero-order valence-electron chi connectivity index (χ0n) is 20.0. The van der Waals surface area contributed by atoms with E-state index in [0.29, 0.717) is 24.9 Å². The van der Waals surface area contributed by atoms with E-state index in [1.54, 1.807) is 30.9 Å². The molecule has 0 aromatic heterocycles. The highest BCUT2D eigenvalue weighted by Gasteiger charge is 2.34. The second kappa shape index (κ2) is 9.72. The first-order chi connectivity index (χ1) is 16.6. The van der Waals surface area contributed by atoms with Crippen LogP contribution >= 0.6 is 0 Å². The summed E-state index contributed by atoms with van der Waals surface area (Å²) >= 11 is 0. The first-order valence-electron chi connectivity index (χ1n) is 11.6. The number of hydrogen-bond acceptors (Lipinski definition) is 4. The van der Waals surface area contributed by atoms with Crippen molar-refractivity contribution in [3.63, 3.8) is 0 Å². The monoisotopic (exact) mass is 470 g/mol. The molecule has 0 aliphatic carbocycles. The van der Waals surface area contributed by atoms with Crippen LogP contribution in [-0.2, 0) is 22.6 Å². The average molecular weight is 471 g/mol. The Balaban J connectivity index is 1.62. The minimum atomic E-state index is -1.08. The number of carbonyl (C=O) groups is 3. The van der Waals surface area contributed by atoms with Crippen LogP contribution in [0.15, 0.2) is 72.8 Å². The lowest BCUT2D eigenvalue weighted by molar-refractivity contribution is -0.130. The largest absolute Gasteiger partial charge is 0.366 e. The van der Waals surface area contributed by atoms with Gasteiger partial charge in [0.25, 0.3) is 0 Å². The summed E-state index contributed by atoms with van der Waals surface area (Å²) in [6.07, 6.45) is 1.16. The summed E-state index contributed by atoms with van der Waals surface area (Å²) in [6, 6.07) is 22.0. The van der Waals surface area contributed by atoms with Gasteiger partial charge in [-0.15, -0.1) is 0 Å². The SMILES string of the molecule is CC(C)(N)C(=O)NC1CCc2ccccc2N(Cc2ccc(-c3ccccc3C(N)=O)cc2)C1=O. The van der Waals surface area contributed by atoms with E-state index in [1.165, 1.54) is 0 Å². The van der Waals surface area contributed by atoms with Crippen molar-refractivity contribution >= 4 is 23.4 Å². The molecule has 7 heteroatoms. The highest BCUT2D eigenvalue weighted by molar-refractivity contribution is 6.01. The molecule has 3 amide bonds. The van der Waals surface area contributed by atoms with Gasteiger partial charge < -0.3 is 21.7 Å². The highest BCUT2D eigenvalue weighted by Crippen LogP contribution is 2.30. The Morgan fingerprint density at radius 2 is 1.66 bits per heavy atom. The molecule has 5 N–H and O–H groups in total. The molecule has 0 saturated carbocycles. The fourth-order valence-corrected chi connectivity index (χ4v) is 4.28. The molecule has 1 aliphatic heterocycles. The van der Waals surface area contributed by atoms with Crippen molar-refractivity contribution in [3.8, 4) is 11.1 Å². The highest BCUT2D eigenvalue weighted by atomic mass is 16.2. The van der Waals surface area contributed by atoms with Crippen molar-refractivity contribution < 1.29 is 14.4 Å². The number of nitrogens with two attached hydrogens (primary N) is 2. The predicted octanol–water partition coefficient (Wildman–Crippen LogP) is 3.15. The second-order valence-corrected chi connectivity index (χ2v) is 9.45. The lowest BCUT2D eigenvalue weighted by atomic mass is 9.98. The molecule has 0 saturated heterocycles. The van der Waals surface area contributed by atoms with Crippen LogP contribution in [0.3, 0.4) is 0 Å². The van der Waals surface area contributed by atoms with Crippen LogP contribution in [0.25, 0.3) is 11.1 Å². The van der Waals surface area contributed by atoms with Gasteiger partial charge in [0.05, 0.1) is 12.1 Å². The number of rotatable bonds is 6. The first kappa shape index (κ1) is 24.2. The summed E-state index contributed by atoms with van der Waals surface area (Å²) in [5, 5.41) is 2.85. The molecule has 35 heavy (non-hydrogen) atoms. The Morgan fingerprint density at radius 3 is 2.34 bits per heavy atom. The van der Waals surface area contributed by atoms with Crippen LogP contribution in [0.1, 0.15) is 41.8 Å². The quantitative estimate of drug-likeness (QED) is 0.513. The number of nitrogens with one attached hydrogen (secondary N) is 1. The number of amides is 3. The molecular weight excluding hydrogens is 440 g/mol. The zero-order chi connectivity index (χ0) is 25.2. The first-order valence-corrected chi connectivity index (χ1v) is 11.6. The normalized spacial score (nSPS) is 15.8. The van der Waals surface area contributed by atoms with E-state index in [0.717, 1.165) is 27.9 Å². The van der Waals surface area contributed by atoms with Gasteiger partial charge in [-0.25, -0.2) is 0 Å². The van der Waals surface area contributed by atoms with Crippen molar-refractivity contribution in [2.24, 2.45) is 11.5 Å². The molecule has 1 unspecified atom stereocenters. The summed E-state index contributed by atoms with van der Waals surface area (Å²) in [6.45, 7) is 3.58. The molecule has 0 spiro atoms. The van der Waals surface area contributed by atoms with E-state index in [2.05, 4.69) is 5.32 Å². The van der Waals surface area contributed by atoms with Crippen molar-refractivity contribution in [2.45, 2.75) is 44.8 Å². The summed E-state index contributed by atoms with van der Waals surface area (Å²) in [4.78, 5) is 39.7. The van der Waals surface area contributed by atoms with Gasteiger partial charge in [0, 0.05) is 11.3 Å². The summed E-state index contributed by atoms with van der Waals surface area (Å²) in [7, 11) is 0. The van der Waals surface area contributed by atoms with Gasteiger partial charge in [-0.05, 0) is 61.1 Å². The maximum absolute atomic E-state index is 13.6. The molecule has 0 fully saturated rings. The van der Waals surface area contributed by atoms with Crippen LogP contribution in [0.5, 0.6) is 0 Å². The molecule has 3 aromatic carbocycles. The number of anilines is 1. The number of aryl methyl sites for hydroxylation is 1. The van der Waals surface area contributed by atoms with Crippen LogP contribution in [0, 0.1) is 0 Å². The number of nitrogens with zero attached hydrogens (tertiary/aromatic N) is 1. The molecule has 0 bridgehead atoms. The number of primary amides is 1. The van der Waals surface area contributed by atoms with Gasteiger partial charge in [-0.1, -0.05) is 60.7 Å². The van der Waals surface area contributed by atoms with Crippen molar-refractivity contribution in [1.82, 2.24) is 5.32 Å². The van der Waals surface area contributed by atoms with E-state index in [9.17, 15) is 14.4 Å². The van der Waals surface area contributed by atoms with Gasteiger partial charge >= 0.3 is 0 Å². The summed E-state index contributed by atoms with van der Waals surface area (Å²) in [5.41, 5.74) is 15.3. The lowest BCUT2D eigenvalue weighted by Gasteiger charge is -2.28. The summed E-state index contributed by atoms with van der Waals surface area (Å²) < 4.78 is 0. The minimum absolute atomic E-state index is 0.171. The molecule has 180 valence electrons. The number of carbonyl (C=O) groups excluding carboxylic acids is 3. The maximum atomic E-state index is 13.6. The number of hydrogen-bond donors (Lipinski definition) is 3. The van der Waals surface area contributed by atoms with Gasteiger partial charge in [-0.2, -0.15) is 0 Å². The Hall–Kier alpha value is -3.97. The average Bonchev–Trinajstić information content (AvgIpc) is 2.96. The van der Waals surface area contributed by atoms with E-state index in [4.69, 9.17) is 11.5 Å². The van der Waals surface area contributed by atoms with E-state index in [-0.39, 0.29) is 11.8 Å². The second-order valence-electron chi connectivity index (χ2n) is 9.45. The molecule has 0 radical (unpaired) electrons. The van der Waals surface area contributed by atoms with Crippen LogP contribution in [-0.4, -0.2) is 29.3 Å². The maximum Gasteiger partial charge on any atom is 0.249 e. The van der Waals surface area contributed by atoms with Gasteiger partial charge in [-0.3, -0.25) is 14.4 Å². The van der Waals surface area contributed by atoms with E-state index < -0.39 is 17.5 Å². The van der Waals surface area contributed by atoms with E-state index in [1.807, 2.05) is 60.7 Å². The van der Waals surface area contributed by atoms with Crippen LogP contribution in [0.2, 0.25) is 0 Å². The van der Waals surface area contributed by atoms with Gasteiger partial charge in [0.1, 0.15) is 6.04 Å². The molecule has 4 rings (SSSR count). The van der Waals surface area contributed by atoms with Crippen molar-refractivity contribution in [3.05, 3.63) is 89.5 Å². The van der Waals surface area contributed by atoms with Crippen molar-refractivity contribution in [1.29, 1.82) is 0 Å². The Morgan fingerprint density at radius 1 is 1.00 bits per heavy atom. The van der Waals surface area contributed by atoms with Gasteiger partial charge in [0.15, 0.2) is 0 Å². The fraction of sp³-hybridized carbons (Fsp3) is 0.250. The van der Waals surface area contributed by atoms with Gasteiger partial charge in [0.2, 0.25) is 17.7 Å². The lowest BCUT2D eigenvalue weighted by Crippen LogP contribution is -2.56. The third-order valence-corrected chi connectivity index (χ3v) is 6.24. The smallest absolute Gasteiger partial charge is 0.249 e. The third kappa shape index (κ3) is 5.25. The van der Waals surface area contributed by atoms with Crippen LogP contribution in [0.4, 0.5) is 5.69 Å². The number of benzene rings is 3. The topological polar surface area (TPSA) is 119 Å². The Kier molecular flexibility index (Phi) is 6.71. The number of fused-ring (bicyclic) bond motifs is 1. The van der Waals surface area contributed by atoms with Crippen LogP contribution < -0.4 is 21.7 Å². The Bertz CT molecular complexity index is 1260. The molecule has 1 atom stereocenters. The Labute approximate surface area is 205 Å². The predicted molar refractivity (Wildman–Crippen MR) is 137 cm³/mol. The minimum Gasteiger partial charge on any atom is -0.366 e. The summed E-state index contributed by atoms with van der Waals surface area (Å²) in [5.74, 6) is -1.01.